The van der Waals surface area contributed by atoms with Gasteiger partial charge in [0.1, 0.15) is 8.80 Å². The highest BCUT2D eigenvalue weighted by Gasteiger charge is 2.15. The van der Waals surface area contributed by atoms with E-state index in [-0.39, 0.29) is 0 Å². The number of rotatable bonds is 5. The van der Waals surface area contributed by atoms with E-state index in [0.29, 0.717) is 0 Å². The molecule has 0 fully saturated rings. The molecule has 0 aliphatic rings. The van der Waals surface area contributed by atoms with Crippen molar-refractivity contribution in [3.63, 3.8) is 0 Å². The van der Waals surface area contributed by atoms with E-state index in [4.69, 9.17) is 11.6 Å². The number of benzene rings is 3. The van der Waals surface area contributed by atoms with Crippen molar-refractivity contribution in [2.45, 2.75) is 12.5 Å². The summed E-state index contributed by atoms with van der Waals surface area (Å²) in [5.74, 6) is 0. The second-order valence-electron chi connectivity index (χ2n) is 5.54. The number of hydrogen-bond donors (Lipinski definition) is 0. The molecule has 0 N–H and O–H groups in total. The molecule has 0 atom stereocenters. The first-order valence-corrected chi connectivity index (χ1v) is 10.0. The van der Waals surface area contributed by atoms with Crippen molar-refractivity contribution in [2.75, 3.05) is 0 Å². The lowest BCUT2D eigenvalue weighted by Crippen LogP contribution is -2.42. The van der Waals surface area contributed by atoms with Gasteiger partial charge >= 0.3 is 0 Å². The maximum Gasteiger partial charge on any atom is 0.103 e. The Bertz CT molecular complexity index is 653. The Kier molecular flexibility index (Phi) is 5.10. The average molecular weight is 323 g/mol. The van der Waals surface area contributed by atoms with Crippen molar-refractivity contribution in [1.82, 2.24) is 0 Å². The smallest absolute Gasteiger partial charge is 0.0843 e. The van der Waals surface area contributed by atoms with Crippen molar-refractivity contribution < 1.29 is 0 Å². The van der Waals surface area contributed by atoms with Crippen LogP contribution in [-0.4, -0.2) is 8.80 Å². The Morgan fingerprint density at radius 1 is 0.636 bits per heavy atom. The molecule has 0 aromatic heterocycles. The minimum Gasteiger partial charge on any atom is -0.0843 e. The van der Waals surface area contributed by atoms with Crippen LogP contribution in [0.2, 0.25) is 11.1 Å². The van der Waals surface area contributed by atoms with E-state index in [1.54, 1.807) is 0 Å². The third-order valence-corrected chi connectivity index (χ3v) is 7.54. The first-order valence-electron chi connectivity index (χ1n) is 7.67. The molecule has 0 spiro atoms. The number of hydrogen-bond acceptors (Lipinski definition) is 0. The third kappa shape index (κ3) is 3.88. The normalized spacial score (nSPS) is 10.8. The van der Waals surface area contributed by atoms with Crippen LogP contribution in [0.3, 0.4) is 0 Å². The molecule has 3 aromatic carbocycles. The molecule has 0 aliphatic heterocycles. The van der Waals surface area contributed by atoms with E-state index in [2.05, 4.69) is 72.8 Å². The third-order valence-electron chi connectivity index (χ3n) is 4.04. The van der Waals surface area contributed by atoms with Gasteiger partial charge in [-0.05, 0) is 30.2 Å². The average Bonchev–Trinajstić information content (AvgIpc) is 2.59. The zero-order valence-corrected chi connectivity index (χ0v) is 14.4. The van der Waals surface area contributed by atoms with Gasteiger partial charge in [0.25, 0.3) is 0 Å². The Balaban J connectivity index is 1.81. The standard InChI is InChI=1S/C20H19ClSi/c21-18-13-11-17(12-14-18)15-16-22(19-7-3-1-4-8-19)20-9-5-2-6-10-20/h1-14,22H,15-16H2. The van der Waals surface area contributed by atoms with Gasteiger partial charge in [-0.15, -0.1) is 0 Å². The molecule has 0 saturated carbocycles. The Hall–Kier alpha value is -1.83. The van der Waals surface area contributed by atoms with Crippen LogP contribution in [-0.2, 0) is 6.42 Å². The van der Waals surface area contributed by atoms with Gasteiger partial charge in [-0.2, -0.15) is 0 Å². The monoisotopic (exact) mass is 322 g/mol. The Morgan fingerprint density at radius 3 is 1.64 bits per heavy atom. The molecule has 0 unspecified atom stereocenters. The van der Waals surface area contributed by atoms with Gasteiger partial charge in [-0.3, -0.25) is 0 Å². The molecule has 0 heterocycles. The van der Waals surface area contributed by atoms with Crippen LogP contribution in [0.15, 0.2) is 84.9 Å². The summed E-state index contributed by atoms with van der Waals surface area (Å²) >= 11 is 5.97. The molecule has 0 nitrogen and oxygen atoms in total. The molecule has 110 valence electrons. The first kappa shape index (κ1) is 15.1. The van der Waals surface area contributed by atoms with Crippen LogP contribution in [0.5, 0.6) is 0 Å². The van der Waals surface area contributed by atoms with Gasteiger partial charge in [-0.1, -0.05) is 94.8 Å². The maximum atomic E-state index is 5.97. The van der Waals surface area contributed by atoms with Crippen LogP contribution in [0, 0.1) is 0 Å². The summed E-state index contributed by atoms with van der Waals surface area (Å²) in [6, 6.07) is 31.4. The lowest BCUT2D eigenvalue weighted by Gasteiger charge is -2.16. The zero-order valence-electron chi connectivity index (χ0n) is 12.5. The summed E-state index contributed by atoms with van der Waals surface area (Å²) in [6.45, 7) is 0. The van der Waals surface area contributed by atoms with Gasteiger partial charge in [0.05, 0.1) is 0 Å². The molecule has 22 heavy (non-hydrogen) atoms. The molecule has 3 aromatic rings. The molecule has 3 rings (SSSR count). The van der Waals surface area contributed by atoms with E-state index in [9.17, 15) is 0 Å². The second kappa shape index (κ2) is 7.44. The lowest BCUT2D eigenvalue weighted by molar-refractivity contribution is 1.12. The maximum absolute atomic E-state index is 5.97. The SMILES string of the molecule is Clc1ccc(CC[SiH](c2ccccc2)c2ccccc2)cc1. The van der Waals surface area contributed by atoms with Gasteiger partial charge < -0.3 is 0 Å². The Labute approximate surface area is 139 Å². The van der Waals surface area contributed by atoms with Crippen molar-refractivity contribution in [3.8, 4) is 0 Å². The number of halogens is 1. The van der Waals surface area contributed by atoms with Crippen LogP contribution in [0.1, 0.15) is 5.56 Å². The second-order valence-corrected chi connectivity index (χ2v) is 8.99. The predicted octanol–water partition coefficient (Wildman–Crippen LogP) is 3.92. The Morgan fingerprint density at radius 2 is 1.14 bits per heavy atom. The van der Waals surface area contributed by atoms with Crippen molar-refractivity contribution in [1.29, 1.82) is 0 Å². The quantitative estimate of drug-likeness (QED) is 0.624. The van der Waals surface area contributed by atoms with Crippen LogP contribution < -0.4 is 10.4 Å². The fourth-order valence-corrected chi connectivity index (χ4v) is 6.03. The fraction of sp³-hybridized carbons (Fsp3) is 0.100. The summed E-state index contributed by atoms with van der Waals surface area (Å²) in [7, 11) is -1.17. The van der Waals surface area contributed by atoms with Crippen LogP contribution in [0.4, 0.5) is 0 Å². The summed E-state index contributed by atoms with van der Waals surface area (Å²) in [5.41, 5.74) is 1.37. The molecule has 0 saturated heterocycles. The lowest BCUT2D eigenvalue weighted by atomic mass is 10.2. The highest BCUT2D eigenvalue weighted by Crippen LogP contribution is 2.12. The number of aryl methyl sites for hydroxylation is 1. The molecule has 0 aliphatic carbocycles. The van der Waals surface area contributed by atoms with Crippen molar-refractivity contribution in [3.05, 3.63) is 95.5 Å². The van der Waals surface area contributed by atoms with Gasteiger partial charge in [0.15, 0.2) is 0 Å². The molecule has 0 radical (unpaired) electrons. The largest absolute Gasteiger partial charge is 0.103 e. The van der Waals surface area contributed by atoms with E-state index in [1.807, 2.05) is 12.1 Å². The highest BCUT2D eigenvalue weighted by molar-refractivity contribution is 6.85. The fourth-order valence-electron chi connectivity index (χ4n) is 2.86. The van der Waals surface area contributed by atoms with Crippen molar-refractivity contribution in [2.24, 2.45) is 0 Å². The van der Waals surface area contributed by atoms with E-state index in [0.717, 1.165) is 11.4 Å². The topological polar surface area (TPSA) is 0 Å². The van der Waals surface area contributed by atoms with E-state index < -0.39 is 8.80 Å². The summed E-state index contributed by atoms with van der Waals surface area (Å²) in [5, 5.41) is 3.84. The molecular weight excluding hydrogens is 304 g/mol. The summed E-state index contributed by atoms with van der Waals surface area (Å²) in [4.78, 5) is 0. The van der Waals surface area contributed by atoms with Gasteiger partial charge in [-0.25, -0.2) is 0 Å². The van der Waals surface area contributed by atoms with E-state index in [1.165, 1.54) is 22.0 Å². The van der Waals surface area contributed by atoms with Crippen LogP contribution >= 0.6 is 11.6 Å². The predicted molar refractivity (Wildman–Crippen MR) is 99.3 cm³/mol. The molecule has 0 amide bonds. The van der Waals surface area contributed by atoms with Gasteiger partial charge in [0.2, 0.25) is 0 Å². The molecule has 0 bridgehead atoms. The molecular formula is C20H19ClSi. The van der Waals surface area contributed by atoms with E-state index >= 15 is 0 Å². The summed E-state index contributed by atoms with van der Waals surface area (Å²) in [6.07, 6.45) is 1.11. The first-order chi connectivity index (χ1) is 10.8. The highest BCUT2D eigenvalue weighted by atomic mass is 35.5. The van der Waals surface area contributed by atoms with Crippen LogP contribution in [0.25, 0.3) is 0 Å². The minimum absolute atomic E-state index is 0.809. The van der Waals surface area contributed by atoms with Crippen molar-refractivity contribution >= 4 is 30.8 Å². The zero-order chi connectivity index (χ0) is 15.2. The van der Waals surface area contributed by atoms with Gasteiger partial charge in [0, 0.05) is 5.02 Å². The summed E-state index contributed by atoms with van der Waals surface area (Å²) < 4.78 is 0. The molecule has 2 heteroatoms. The minimum atomic E-state index is -1.17.